The molecule has 0 heterocycles. The third-order valence-electron chi connectivity index (χ3n) is 2.06. The number of amides is 1. The molecule has 1 amide bonds. The first kappa shape index (κ1) is 10.3. The fourth-order valence-corrected chi connectivity index (χ4v) is 1.63. The molecule has 0 spiro atoms. The summed E-state index contributed by atoms with van der Waals surface area (Å²) in [4.78, 5) is 11.5. The Hall–Kier alpha value is -0.830. The van der Waals surface area contributed by atoms with Crippen molar-refractivity contribution >= 4 is 21.8 Å². The van der Waals surface area contributed by atoms with Gasteiger partial charge in [-0.1, -0.05) is 22.0 Å². The van der Waals surface area contributed by atoms with Crippen LogP contribution in [-0.2, 0) is 0 Å². The quantitative estimate of drug-likeness (QED) is 0.805. The number of carbonyl (C=O) groups excluding carboxylic acids is 1. The van der Waals surface area contributed by atoms with Crippen molar-refractivity contribution in [2.45, 2.75) is 13.8 Å². The van der Waals surface area contributed by atoms with Crippen LogP contribution < -0.4 is 5.32 Å². The summed E-state index contributed by atoms with van der Waals surface area (Å²) < 4.78 is 0.969. The van der Waals surface area contributed by atoms with Gasteiger partial charge in [0.25, 0.3) is 5.91 Å². The lowest BCUT2D eigenvalue weighted by molar-refractivity contribution is 0.0962. The van der Waals surface area contributed by atoms with Crippen molar-refractivity contribution in [3.63, 3.8) is 0 Å². The molecule has 0 unspecified atom stereocenters. The van der Waals surface area contributed by atoms with Crippen LogP contribution in [0.15, 0.2) is 16.6 Å². The van der Waals surface area contributed by atoms with Crippen LogP contribution in [0.3, 0.4) is 0 Å². The van der Waals surface area contributed by atoms with Crippen LogP contribution in [0.5, 0.6) is 0 Å². The summed E-state index contributed by atoms with van der Waals surface area (Å²) >= 11 is 3.40. The van der Waals surface area contributed by atoms with E-state index >= 15 is 0 Å². The molecule has 1 aromatic rings. The molecule has 0 atom stereocenters. The van der Waals surface area contributed by atoms with Gasteiger partial charge in [-0.25, -0.2) is 0 Å². The number of nitrogens with one attached hydrogen (secondary N) is 1. The first-order valence-electron chi connectivity index (χ1n) is 4.05. The lowest BCUT2D eigenvalue weighted by Gasteiger charge is -2.09. The smallest absolute Gasteiger partial charge is 0.251 e. The van der Waals surface area contributed by atoms with Crippen molar-refractivity contribution in [2.75, 3.05) is 7.05 Å². The fourth-order valence-electron chi connectivity index (χ4n) is 1.30. The first-order chi connectivity index (χ1) is 6.07. The molecule has 0 saturated heterocycles. The Bertz CT molecular complexity index is 347. The molecule has 0 aliphatic rings. The van der Waals surface area contributed by atoms with Gasteiger partial charge in [-0.2, -0.15) is 0 Å². The van der Waals surface area contributed by atoms with E-state index in [0.29, 0.717) is 0 Å². The van der Waals surface area contributed by atoms with Crippen molar-refractivity contribution in [3.05, 3.63) is 33.3 Å². The molecule has 70 valence electrons. The van der Waals surface area contributed by atoms with Gasteiger partial charge >= 0.3 is 0 Å². The Morgan fingerprint density at radius 1 is 1.38 bits per heavy atom. The zero-order valence-corrected chi connectivity index (χ0v) is 9.53. The SMILES string of the molecule is CNC(=O)c1c(C)ccc(Br)c1C. The minimum absolute atomic E-state index is 0.0312. The minimum Gasteiger partial charge on any atom is -0.355 e. The molecule has 1 N–H and O–H groups in total. The predicted molar refractivity (Wildman–Crippen MR) is 57.0 cm³/mol. The lowest BCUT2D eigenvalue weighted by atomic mass is 10.0. The van der Waals surface area contributed by atoms with Gasteiger partial charge in [0.1, 0.15) is 0 Å². The summed E-state index contributed by atoms with van der Waals surface area (Å²) in [6, 6.07) is 3.89. The van der Waals surface area contributed by atoms with E-state index in [1.165, 1.54) is 0 Å². The van der Waals surface area contributed by atoms with Crippen LogP contribution in [0.4, 0.5) is 0 Å². The zero-order chi connectivity index (χ0) is 10.0. The highest BCUT2D eigenvalue weighted by Gasteiger charge is 2.11. The highest BCUT2D eigenvalue weighted by Crippen LogP contribution is 2.22. The Balaban J connectivity index is 3.33. The highest BCUT2D eigenvalue weighted by molar-refractivity contribution is 9.10. The van der Waals surface area contributed by atoms with Gasteiger partial charge < -0.3 is 5.32 Å². The molecule has 0 radical (unpaired) electrons. The summed E-state index contributed by atoms with van der Waals surface area (Å²) in [5, 5.41) is 2.63. The average Bonchev–Trinajstić information content (AvgIpc) is 2.12. The number of hydrogen-bond acceptors (Lipinski definition) is 1. The number of aryl methyl sites for hydroxylation is 1. The van der Waals surface area contributed by atoms with E-state index in [1.54, 1.807) is 7.05 Å². The van der Waals surface area contributed by atoms with Gasteiger partial charge in [-0.05, 0) is 31.0 Å². The van der Waals surface area contributed by atoms with E-state index in [1.807, 2.05) is 26.0 Å². The summed E-state index contributed by atoms with van der Waals surface area (Å²) in [6.07, 6.45) is 0. The Labute approximate surface area is 86.5 Å². The number of rotatable bonds is 1. The maximum atomic E-state index is 11.5. The predicted octanol–water partition coefficient (Wildman–Crippen LogP) is 2.43. The van der Waals surface area contributed by atoms with E-state index in [2.05, 4.69) is 21.2 Å². The second kappa shape index (κ2) is 3.92. The third kappa shape index (κ3) is 1.91. The normalized spacial score (nSPS) is 9.85. The molecule has 1 rings (SSSR count). The Morgan fingerprint density at radius 2 is 2.00 bits per heavy atom. The van der Waals surface area contributed by atoms with Gasteiger partial charge in [0, 0.05) is 17.1 Å². The fraction of sp³-hybridized carbons (Fsp3) is 0.300. The minimum atomic E-state index is -0.0312. The third-order valence-corrected chi connectivity index (χ3v) is 2.92. The summed E-state index contributed by atoms with van der Waals surface area (Å²) in [7, 11) is 1.64. The van der Waals surface area contributed by atoms with Crippen LogP contribution >= 0.6 is 15.9 Å². The van der Waals surface area contributed by atoms with Crippen LogP contribution in [0.25, 0.3) is 0 Å². The van der Waals surface area contributed by atoms with Crippen molar-refractivity contribution in [3.8, 4) is 0 Å². The number of halogens is 1. The molecule has 0 bridgehead atoms. The van der Waals surface area contributed by atoms with Crippen LogP contribution in [0.1, 0.15) is 21.5 Å². The van der Waals surface area contributed by atoms with E-state index < -0.39 is 0 Å². The maximum Gasteiger partial charge on any atom is 0.251 e. The molecular formula is C10H12BrNO. The molecule has 0 fully saturated rings. The zero-order valence-electron chi connectivity index (χ0n) is 7.94. The number of carbonyl (C=O) groups is 1. The molecule has 0 aromatic heterocycles. The van der Waals surface area contributed by atoms with E-state index in [-0.39, 0.29) is 5.91 Å². The van der Waals surface area contributed by atoms with Crippen molar-refractivity contribution < 1.29 is 4.79 Å². The average molecular weight is 242 g/mol. The summed E-state index contributed by atoms with van der Waals surface area (Å²) in [5.41, 5.74) is 2.75. The van der Waals surface area contributed by atoms with Gasteiger partial charge in [-0.3, -0.25) is 4.79 Å². The molecule has 2 nitrogen and oxygen atoms in total. The lowest BCUT2D eigenvalue weighted by Crippen LogP contribution is -2.20. The van der Waals surface area contributed by atoms with Gasteiger partial charge in [0.15, 0.2) is 0 Å². The molecular weight excluding hydrogens is 230 g/mol. The number of benzene rings is 1. The Kier molecular flexibility index (Phi) is 3.09. The number of hydrogen-bond donors (Lipinski definition) is 1. The van der Waals surface area contributed by atoms with Gasteiger partial charge in [0.2, 0.25) is 0 Å². The monoisotopic (exact) mass is 241 g/mol. The van der Waals surface area contributed by atoms with Crippen molar-refractivity contribution in [2.24, 2.45) is 0 Å². The Morgan fingerprint density at radius 3 is 2.54 bits per heavy atom. The van der Waals surface area contributed by atoms with Crippen LogP contribution in [0.2, 0.25) is 0 Å². The molecule has 1 aromatic carbocycles. The first-order valence-corrected chi connectivity index (χ1v) is 4.85. The summed E-state index contributed by atoms with van der Waals surface area (Å²) in [5.74, 6) is -0.0312. The van der Waals surface area contributed by atoms with Crippen molar-refractivity contribution in [1.29, 1.82) is 0 Å². The molecule has 3 heteroatoms. The van der Waals surface area contributed by atoms with E-state index in [9.17, 15) is 4.79 Å². The van der Waals surface area contributed by atoms with E-state index in [0.717, 1.165) is 21.2 Å². The van der Waals surface area contributed by atoms with Crippen LogP contribution in [0, 0.1) is 13.8 Å². The topological polar surface area (TPSA) is 29.1 Å². The second-order valence-electron chi connectivity index (χ2n) is 2.94. The van der Waals surface area contributed by atoms with Gasteiger partial charge in [0.05, 0.1) is 0 Å². The molecule has 0 saturated carbocycles. The maximum absolute atomic E-state index is 11.5. The van der Waals surface area contributed by atoms with Crippen molar-refractivity contribution in [1.82, 2.24) is 5.32 Å². The highest BCUT2D eigenvalue weighted by atomic mass is 79.9. The van der Waals surface area contributed by atoms with Crippen LogP contribution in [-0.4, -0.2) is 13.0 Å². The molecule has 0 aliphatic carbocycles. The molecule has 13 heavy (non-hydrogen) atoms. The second-order valence-corrected chi connectivity index (χ2v) is 3.80. The molecule has 0 aliphatic heterocycles. The standard InChI is InChI=1S/C10H12BrNO/c1-6-4-5-8(11)7(2)9(6)10(13)12-3/h4-5H,1-3H3,(H,12,13). The van der Waals surface area contributed by atoms with Gasteiger partial charge in [-0.15, -0.1) is 0 Å². The largest absolute Gasteiger partial charge is 0.355 e. The van der Waals surface area contributed by atoms with E-state index in [4.69, 9.17) is 0 Å². The summed E-state index contributed by atoms with van der Waals surface area (Å²) in [6.45, 7) is 3.87.